The molecule has 0 radical (unpaired) electrons. The molecular weight excluding hydrogens is 335 g/mol. The Labute approximate surface area is 155 Å². The fraction of sp³-hybridized carbons (Fsp3) is 0.0870. The quantitative estimate of drug-likeness (QED) is 0.391. The molecule has 0 spiro atoms. The predicted molar refractivity (Wildman–Crippen MR) is 112 cm³/mol. The molecule has 26 heavy (non-hydrogen) atoms. The number of aromatic nitrogens is 2. The van der Waals surface area contributed by atoms with E-state index in [2.05, 4.69) is 126 Å². The molecule has 1 aromatic heterocycles. The van der Waals surface area contributed by atoms with Crippen molar-refractivity contribution in [1.29, 1.82) is 0 Å². The first-order valence-electron chi connectivity index (χ1n) is 8.80. The molecule has 2 nitrogen and oxygen atoms in total. The molecule has 128 valence electrons. The van der Waals surface area contributed by atoms with Crippen LogP contribution in [0.3, 0.4) is 0 Å². The summed E-state index contributed by atoms with van der Waals surface area (Å²) in [5, 5.41) is 4.19. The van der Waals surface area contributed by atoms with E-state index in [9.17, 15) is 0 Å². The molecule has 0 amide bonds. The van der Waals surface area contributed by atoms with Crippen molar-refractivity contribution >= 4 is 23.2 Å². The molecule has 0 aliphatic carbocycles. The number of rotatable bonds is 4. The second-order valence-electron chi connectivity index (χ2n) is 6.65. The van der Waals surface area contributed by atoms with Gasteiger partial charge in [0.25, 0.3) is 0 Å². The van der Waals surface area contributed by atoms with Gasteiger partial charge in [0.2, 0.25) is 6.33 Å². The van der Waals surface area contributed by atoms with Crippen LogP contribution < -0.4 is 20.5 Å². The van der Waals surface area contributed by atoms with E-state index in [4.69, 9.17) is 0 Å². The van der Waals surface area contributed by atoms with Gasteiger partial charge >= 0.3 is 0 Å². The second-order valence-corrected chi connectivity index (χ2v) is 10.2. The number of benzene rings is 3. The van der Waals surface area contributed by atoms with Gasteiger partial charge in [0.05, 0.1) is 13.7 Å². The van der Waals surface area contributed by atoms with Gasteiger partial charge < -0.3 is 0 Å². The summed E-state index contributed by atoms with van der Waals surface area (Å²) in [6.07, 6.45) is 6.33. The fourth-order valence-electron chi connectivity index (χ4n) is 3.53. The van der Waals surface area contributed by atoms with Crippen LogP contribution in [0.25, 0.3) is 5.69 Å². The van der Waals surface area contributed by atoms with Crippen LogP contribution >= 0.6 is 7.26 Å². The average molecular weight is 358 g/mol. The van der Waals surface area contributed by atoms with Crippen LogP contribution in [0, 0.1) is 0 Å². The Bertz CT molecular complexity index is 967. The Balaban J connectivity index is 2.00. The number of hydrogen-bond acceptors (Lipinski definition) is 0. The number of aryl methyl sites for hydroxylation is 1. The summed E-state index contributed by atoms with van der Waals surface area (Å²) < 4.78 is 4.30. The largest absolute Gasteiger partial charge is 0.248 e. The van der Waals surface area contributed by atoms with E-state index in [1.807, 2.05) is 0 Å². The van der Waals surface area contributed by atoms with Crippen LogP contribution in [0.5, 0.6) is 0 Å². The van der Waals surface area contributed by atoms with E-state index in [0.717, 1.165) is 0 Å². The number of nitrogens with zero attached hydrogens (tertiary/aromatic N) is 2. The van der Waals surface area contributed by atoms with E-state index in [1.165, 1.54) is 21.6 Å². The minimum Gasteiger partial charge on any atom is -0.239 e. The van der Waals surface area contributed by atoms with Crippen molar-refractivity contribution in [2.24, 2.45) is 7.05 Å². The zero-order valence-corrected chi connectivity index (χ0v) is 16.1. The monoisotopic (exact) mass is 358 g/mol. The lowest BCUT2D eigenvalue weighted by Gasteiger charge is -2.24. The molecule has 4 aromatic rings. The molecule has 0 aliphatic heterocycles. The third-order valence-corrected chi connectivity index (χ3v) is 8.96. The van der Waals surface area contributed by atoms with E-state index in [1.54, 1.807) is 0 Å². The van der Waals surface area contributed by atoms with Crippen molar-refractivity contribution < 1.29 is 4.57 Å². The highest BCUT2D eigenvalue weighted by Gasteiger charge is 2.43. The zero-order chi connectivity index (χ0) is 18.0. The summed E-state index contributed by atoms with van der Waals surface area (Å²) in [5.41, 5.74) is 1.25. The predicted octanol–water partition coefficient (Wildman–Crippen LogP) is 3.23. The highest BCUT2D eigenvalue weighted by molar-refractivity contribution is 7.95. The molecular formula is C23H23N2P+2. The summed E-state index contributed by atoms with van der Waals surface area (Å²) in [5.74, 6) is 0. The molecule has 0 atom stereocenters. The molecule has 0 unspecified atom stereocenters. The topological polar surface area (TPSA) is 8.81 Å². The lowest BCUT2D eigenvalue weighted by atomic mass is 10.3. The molecule has 0 N–H and O–H groups in total. The Kier molecular flexibility index (Phi) is 4.44. The van der Waals surface area contributed by atoms with Crippen molar-refractivity contribution in [2.75, 3.05) is 6.66 Å². The molecule has 0 saturated heterocycles. The molecule has 4 rings (SSSR count). The lowest BCUT2D eigenvalue weighted by Crippen LogP contribution is -2.32. The summed E-state index contributed by atoms with van der Waals surface area (Å²) in [4.78, 5) is 0. The van der Waals surface area contributed by atoms with E-state index < -0.39 is 7.26 Å². The molecule has 0 bridgehead atoms. The highest BCUT2D eigenvalue weighted by atomic mass is 31.2. The van der Waals surface area contributed by atoms with Crippen molar-refractivity contribution in [2.45, 2.75) is 0 Å². The number of hydrogen-bond donors (Lipinski definition) is 0. The summed E-state index contributed by atoms with van der Waals surface area (Å²) in [6, 6.07) is 30.7. The van der Waals surface area contributed by atoms with Gasteiger partial charge in [-0.25, -0.2) is 4.57 Å². The van der Waals surface area contributed by atoms with Gasteiger partial charge in [-0.15, -0.1) is 0 Å². The van der Waals surface area contributed by atoms with Crippen molar-refractivity contribution in [1.82, 2.24) is 4.57 Å². The molecule has 1 heterocycles. The molecule has 0 aliphatic rings. The smallest absolute Gasteiger partial charge is 0.239 e. The Morgan fingerprint density at radius 2 is 1.27 bits per heavy atom. The molecule has 0 fully saturated rings. The second kappa shape index (κ2) is 6.90. The van der Waals surface area contributed by atoms with E-state index in [0.29, 0.717) is 0 Å². The minimum absolute atomic E-state index is 1.25. The minimum atomic E-state index is -1.75. The van der Waals surface area contributed by atoms with Crippen molar-refractivity contribution in [3.05, 3.63) is 104 Å². The van der Waals surface area contributed by atoms with Crippen LogP contribution in [0.2, 0.25) is 0 Å². The Hall–Kier alpha value is -2.70. The number of para-hydroxylation sites is 1. The van der Waals surface area contributed by atoms with Crippen LogP contribution in [0.4, 0.5) is 0 Å². The van der Waals surface area contributed by atoms with Crippen LogP contribution in [0.1, 0.15) is 0 Å². The third kappa shape index (κ3) is 2.87. The van der Waals surface area contributed by atoms with Crippen LogP contribution in [-0.2, 0) is 7.05 Å². The Morgan fingerprint density at radius 3 is 1.81 bits per heavy atom. The Morgan fingerprint density at radius 1 is 0.731 bits per heavy atom. The first-order valence-corrected chi connectivity index (χ1v) is 11.0. The van der Waals surface area contributed by atoms with Gasteiger partial charge in [-0.05, 0) is 36.4 Å². The summed E-state index contributed by atoms with van der Waals surface area (Å²) in [6.45, 7) is 2.43. The van der Waals surface area contributed by atoms with Crippen molar-refractivity contribution in [3.63, 3.8) is 0 Å². The van der Waals surface area contributed by atoms with Gasteiger partial charge in [-0.1, -0.05) is 48.5 Å². The standard InChI is InChI=1S/C23H23N2P/c1-24-17-18-25(19-24)22-15-9-10-16-23(22)26(2,20-11-5-3-6-12-20)21-13-7-4-8-14-21/h3-19H,1-2H3/q+2. The lowest BCUT2D eigenvalue weighted by molar-refractivity contribution is -0.670. The van der Waals surface area contributed by atoms with Gasteiger partial charge in [0.1, 0.15) is 30.3 Å². The van der Waals surface area contributed by atoms with Gasteiger partial charge in [-0.2, -0.15) is 4.57 Å². The van der Waals surface area contributed by atoms with Crippen LogP contribution in [0.15, 0.2) is 104 Å². The number of imidazole rings is 1. The zero-order valence-electron chi connectivity index (χ0n) is 15.2. The first kappa shape index (κ1) is 16.8. The SMILES string of the molecule is C[n+]1ccn(-c2ccccc2[P+](C)(c2ccccc2)c2ccccc2)c1. The summed E-state index contributed by atoms with van der Waals surface area (Å²) >= 11 is 0. The van der Waals surface area contributed by atoms with Crippen molar-refractivity contribution in [3.8, 4) is 5.69 Å². The molecule has 3 heteroatoms. The molecule has 3 aromatic carbocycles. The van der Waals surface area contributed by atoms with Crippen LogP contribution in [-0.4, -0.2) is 11.2 Å². The molecule has 0 saturated carbocycles. The first-order chi connectivity index (χ1) is 12.7. The van der Waals surface area contributed by atoms with Gasteiger partial charge in [0, 0.05) is 0 Å². The maximum Gasteiger partial charge on any atom is 0.248 e. The van der Waals surface area contributed by atoms with Gasteiger partial charge in [0.15, 0.2) is 11.0 Å². The fourth-order valence-corrected chi connectivity index (χ4v) is 6.96. The third-order valence-electron chi connectivity index (χ3n) is 4.96. The summed E-state index contributed by atoms with van der Waals surface area (Å²) in [7, 11) is 0.307. The maximum atomic E-state index is 2.43. The van der Waals surface area contributed by atoms with E-state index >= 15 is 0 Å². The van der Waals surface area contributed by atoms with Gasteiger partial charge in [-0.3, -0.25) is 0 Å². The maximum absolute atomic E-state index is 2.43. The normalized spacial score (nSPS) is 11.5. The highest BCUT2D eigenvalue weighted by Crippen LogP contribution is 2.52. The van der Waals surface area contributed by atoms with E-state index in [-0.39, 0.29) is 0 Å². The average Bonchev–Trinajstić information content (AvgIpc) is 3.15.